The van der Waals surface area contributed by atoms with Crippen LogP contribution in [0.15, 0.2) is 170 Å². The first-order valence-electron chi connectivity index (χ1n) is 27.9. The highest BCUT2D eigenvalue weighted by atomic mass is 16.5. The number of hydrogen-bond acceptors (Lipinski definition) is 3. The summed E-state index contributed by atoms with van der Waals surface area (Å²) in [6.07, 6.45) is 0. The molecule has 0 saturated heterocycles. The molecule has 10 aromatic carbocycles. The summed E-state index contributed by atoms with van der Waals surface area (Å²) in [6, 6.07) is 65.7. The van der Waals surface area contributed by atoms with Gasteiger partial charge >= 0.3 is 0 Å². The molecule has 0 N–H and O–H groups in total. The van der Waals surface area contributed by atoms with Gasteiger partial charge in [-0.15, -0.1) is 0 Å². The molecule has 0 saturated carbocycles. The number of fused-ring (bicyclic) bond motifs is 11. The summed E-state index contributed by atoms with van der Waals surface area (Å²) in [5.74, 6) is 1.82. The maximum Gasteiger partial charge on any atom is 0.256 e. The second-order valence-corrected chi connectivity index (χ2v) is 24.3. The van der Waals surface area contributed by atoms with Crippen LogP contribution in [0.25, 0.3) is 49.7 Å². The van der Waals surface area contributed by atoms with Gasteiger partial charge < -0.3 is 19.1 Å². The molecule has 5 heterocycles. The highest BCUT2D eigenvalue weighted by molar-refractivity contribution is 7.02. The van der Waals surface area contributed by atoms with Crippen molar-refractivity contribution in [2.24, 2.45) is 0 Å². The minimum absolute atomic E-state index is 0.0187. The highest BCUT2D eigenvalue weighted by Gasteiger charge is 2.47. The van der Waals surface area contributed by atoms with Crippen molar-refractivity contribution in [3.63, 3.8) is 0 Å². The number of nitrogens with zero attached hydrogens (tertiary/aromatic N) is 3. The van der Waals surface area contributed by atoms with Crippen LogP contribution in [0.2, 0.25) is 0 Å². The molecule has 0 fully saturated rings. The van der Waals surface area contributed by atoms with Crippen LogP contribution in [0.4, 0.5) is 34.1 Å². The van der Waals surface area contributed by atoms with Gasteiger partial charge in [0.25, 0.3) is 13.4 Å². The van der Waals surface area contributed by atoms with Gasteiger partial charge in [0, 0.05) is 62.2 Å². The molecule has 0 aliphatic carbocycles. The lowest BCUT2D eigenvalue weighted by atomic mass is 9.30. The molecule has 15 rings (SSSR count). The maximum atomic E-state index is 7.65. The molecule has 11 aromatic rings. The zero-order valence-corrected chi connectivity index (χ0v) is 46.6. The van der Waals surface area contributed by atoms with Crippen LogP contribution in [-0.4, -0.2) is 18.0 Å². The number of hydrogen-bond donors (Lipinski definition) is 0. The molecule has 0 spiro atoms. The first-order chi connectivity index (χ1) is 37.6. The van der Waals surface area contributed by atoms with Crippen molar-refractivity contribution in [3.8, 4) is 39.4 Å². The Balaban J connectivity index is 1.06. The third-order valence-electron chi connectivity index (χ3n) is 17.9. The van der Waals surface area contributed by atoms with Crippen LogP contribution in [0, 0.1) is 55.4 Å². The van der Waals surface area contributed by atoms with E-state index in [1.807, 2.05) is 0 Å². The van der Waals surface area contributed by atoms with E-state index in [1.54, 1.807) is 0 Å². The van der Waals surface area contributed by atoms with Crippen molar-refractivity contribution < 1.29 is 4.74 Å². The van der Waals surface area contributed by atoms with E-state index in [4.69, 9.17) is 4.74 Å². The first kappa shape index (κ1) is 46.8. The lowest BCUT2D eigenvalue weighted by Gasteiger charge is -2.45. The zero-order valence-electron chi connectivity index (χ0n) is 46.6. The minimum Gasteiger partial charge on any atom is -0.458 e. The van der Waals surface area contributed by atoms with Gasteiger partial charge in [0.15, 0.2) is 0 Å². The lowest BCUT2D eigenvalue weighted by molar-refractivity contribution is 0.487. The first-order valence-corrected chi connectivity index (χ1v) is 27.9. The molecule has 0 atom stereocenters. The Morgan fingerprint density at radius 3 is 1.56 bits per heavy atom. The van der Waals surface area contributed by atoms with Crippen molar-refractivity contribution >= 4 is 102 Å². The maximum absolute atomic E-state index is 7.65. The number of rotatable bonds is 4. The summed E-state index contributed by atoms with van der Waals surface area (Å²) in [5, 5.41) is 2.59. The summed E-state index contributed by atoms with van der Waals surface area (Å²) in [6.45, 7) is 24.7. The number of anilines is 6. The van der Waals surface area contributed by atoms with Gasteiger partial charge in [0.05, 0.1) is 5.52 Å². The van der Waals surface area contributed by atoms with Crippen molar-refractivity contribution in [1.29, 1.82) is 0 Å². The Morgan fingerprint density at radius 1 is 0.385 bits per heavy atom. The van der Waals surface area contributed by atoms with Crippen LogP contribution in [0.1, 0.15) is 70.8 Å². The fourth-order valence-corrected chi connectivity index (χ4v) is 14.3. The third kappa shape index (κ3) is 6.68. The van der Waals surface area contributed by atoms with E-state index in [9.17, 15) is 0 Å². The Kier molecular flexibility index (Phi) is 9.91. The molecule has 78 heavy (non-hydrogen) atoms. The topological polar surface area (TPSA) is 20.6 Å². The molecule has 1 aromatic heterocycles. The number of ether oxygens (including phenoxy) is 1. The molecule has 4 aliphatic heterocycles. The fraction of sp³-hybridized carbons (Fsp3) is 0.167. The monoisotopic (exact) mass is 1010 g/mol. The largest absolute Gasteiger partial charge is 0.458 e. The normalized spacial score (nSPS) is 13.6. The van der Waals surface area contributed by atoms with Crippen LogP contribution in [-0.2, 0) is 5.41 Å². The van der Waals surface area contributed by atoms with Crippen molar-refractivity contribution in [2.45, 2.75) is 81.6 Å². The summed E-state index contributed by atoms with van der Waals surface area (Å²) in [7, 11) is 0. The second kappa shape index (κ2) is 16.5. The van der Waals surface area contributed by atoms with E-state index in [0.29, 0.717) is 0 Å². The summed E-state index contributed by atoms with van der Waals surface area (Å²) < 4.78 is 10.2. The van der Waals surface area contributed by atoms with Gasteiger partial charge in [-0.2, -0.15) is 0 Å². The van der Waals surface area contributed by atoms with Gasteiger partial charge in [-0.05, 0) is 216 Å². The molecule has 4 aliphatic rings. The Bertz CT molecular complexity index is 4400. The van der Waals surface area contributed by atoms with Crippen LogP contribution >= 0.6 is 0 Å². The Morgan fingerprint density at radius 2 is 0.910 bits per heavy atom. The molecule has 0 amide bonds. The second-order valence-electron chi connectivity index (χ2n) is 24.3. The molecule has 6 heteroatoms. The van der Waals surface area contributed by atoms with Gasteiger partial charge in [-0.3, -0.25) is 0 Å². The van der Waals surface area contributed by atoms with Gasteiger partial charge in [0.1, 0.15) is 11.5 Å². The molecule has 376 valence electrons. The molecule has 0 unspecified atom stereocenters. The standard InChI is InChI=1S/C72H61B2N3O/c1-40-18-24-51(25-19-40)76-61-39-65-57(74-58-33-43(4)31-54-53-30-41(2)20-28-59(53)77(71(54)58)64-36-49(37-66(78-65)70(64)74)68-46(7)16-13-17-47(68)8)38-56(61)73-55-32-42(3)21-29-60(55)75(52-26-22-50(23-27-52)72(9,10)11)62-34-48(35-63(76)69(62)73)67-44(5)14-12-15-45(67)6/h12-39H,1-11H3. The molecule has 0 bridgehead atoms. The zero-order chi connectivity index (χ0) is 53.4. The van der Waals surface area contributed by atoms with Crippen molar-refractivity contribution in [1.82, 2.24) is 4.57 Å². The molecular formula is C72H61B2N3O. The smallest absolute Gasteiger partial charge is 0.256 e. The molecule has 4 nitrogen and oxygen atoms in total. The number of aromatic nitrogens is 1. The minimum atomic E-state index is -0.0909. The Hall–Kier alpha value is -8.47. The van der Waals surface area contributed by atoms with E-state index < -0.39 is 0 Å². The third-order valence-corrected chi connectivity index (χ3v) is 17.9. The van der Waals surface area contributed by atoms with E-state index in [1.165, 1.54) is 150 Å². The lowest BCUT2D eigenvalue weighted by Crippen LogP contribution is -2.64. The quantitative estimate of drug-likeness (QED) is 0.164. The van der Waals surface area contributed by atoms with Crippen molar-refractivity contribution in [3.05, 3.63) is 220 Å². The Labute approximate surface area is 459 Å². The molecular weight excluding hydrogens is 944 g/mol. The van der Waals surface area contributed by atoms with E-state index in [-0.39, 0.29) is 18.8 Å². The van der Waals surface area contributed by atoms with Crippen LogP contribution in [0.3, 0.4) is 0 Å². The van der Waals surface area contributed by atoms with E-state index >= 15 is 0 Å². The molecule has 0 radical (unpaired) electrons. The predicted octanol–water partition coefficient (Wildman–Crippen LogP) is 14.9. The summed E-state index contributed by atoms with van der Waals surface area (Å²) in [5.41, 5.74) is 34.6. The predicted molar refractivity (Wildman–Crippen MR) is 333 cm³/mol. The number of aryl methyl sites for hydroxylation is 8. The average molecular weight is 1010 g/mol. The van der Waals surface area contributed by atoms with E-state index in [0.717, 1.165) is 28.6 Å². The number of benzene rings is 10. The van der Waals surface area contributed by atoms with Gasteiger partial charge in [-0.1, -0.05) is 134 Å². The van der Waals surface area contributed by atoms with Gasteiger partial charge in [-0.25, -0.2) is 0 Å². The van der Waals surface area contributed by atoms with E-state index in [2.05, 4.69) is 260 Å². The fourth-order valence-electron chi connectivity index (χ4n) is 14.3. The summed E-state index contributed by atoms with van der Waals surface area (Å²) in [4.78, 5) is 5.13. The SMILES string of the molecule is Cc1ccc(N2c3cc4c(cc3B3c5cc(C)ccc5N(c5ccc(C(C)(C)C)cc5)c5cc(-c6c(C)cccc6C)cc2c53)B2c3c(cc(-c5c(C)cccc5C)cc3-n3c5ccc(C)cc5c5cc(C)cc2c53)O4)cc1. The highest BCUT2D eigenvalue weighted by Crippen LogP contribution is 2.49. The summed E-state index contributed by atoms with van der Waals surface area (Å²) >= 11 is 0. The van der Waals surface area contributed by atoms with Crippen LogP contribution < -0.4 is 47.3 Å². The van der Waals surface area contributed by atoms with Gasteiger partial charge in [0.2, 0.25) is 0 Å². The average Bonchev–Trinajstić information content (AvgIpc) is 3.23. The van der Waals surface area contributed by atoms with Crippen LogP contribution in [0.5, 0.6) is 11.5 Å². The van der Waals surface area contributed by atoms with Crippen molar-refractivity contribution in [2.75, 3.05) is 9.80 Å².